The van der Waals surface area contributed by atoms with Crippen molar-refractivity contribution in [1.82, 2.24) is 4.98 Å². The van der Waals surface area contributed by atoms with Crippen molar-refractivity contribution in [2.45, 2.75) is 32.3 Å². The molecule has 6 nitrogen and oxygen atoms in total. The van der Waals surface area contributed by atoms with Gasteiger partial charge in [0.2, 0.25) is 5.91 Å². The Labute approximate surface area is 187 Å². The average molecular weight is 441 g/mol. The molecule has 1 fully saturated rings. The summed E-state index contributed by atoms with van der Waals surface area (Å²) in [6.07, 6.45) is 7.61. The first-order chi connectivity index (χ1) is 15.1. The van der Waals surface area contributed by atoms with E-state index < -0.39 is 0 Å². The largest absolute Gasteiger partial charge is 0.488 e. The SMILES string of the molecule is COC[C@@H](C)Oc1cc(/C2=C/CCC/C=C/S2)nc2ccc(NC(=O)C3COC3)cc12. The molecule has 3 heterocycles. The third kappa shape index (κ3) is 5.47. The molecule has 1 aromatic carbocycles. The molecule has 2 aliphatic rings. The number of anilines is 1. The van der Waals surface area contributed by atoms with Gasteiger partial charge in [0.15, 0.2) is 0 Å². The Morgan fingerprint density at radius 2 is 2.19 bits per heavy atom. The Kier molecular flexibility index (Phi) is 7.27. The molecule has 31 heavy (non-hydrogen) atoms. The Balaban J connectivity index is 1.69. The second-order valence-corrected chi connectivity index (χ2v) is 8.78. The van der Waals surface area contributed by atoms with E-state index in [-0.39, 0.29) is 17.9 Å². The van der Waals surface area contributed by atoms with Crippen molar-refractivity contribution in [3.63, 3.8) is 0 Å². The van der Waals surface area contributed by atoms with Gasteiger partial charge in [0.25, 0.3) is 0 Å². The van der Waals surface area contributed by atoms with Crippen molar-refractivity contribution in [1.29, 1.82) is 0 Å². The highest BCUT2D eigenvalue weighted by atomic mass is 32.2. The number of hydrogen-bond acceptors (Lipinski definition) is 6. The number of hydrogen-bond donors (Lipinski definition) is 1. The molecular formula is C24H28N2O4S. The third-order valence-electron chi connectivity index (χ3n) is 5.22. The van der Waals surface area contributed by atoms with Crippen LogP contribution in [0.1, 0.15) is 31.9 Å². The molecule has 164 valence electrons. The summed E-state index contributed by atoms with van der Waals surface area (Å²) >= 11 is 1.69. The number of allylic oxidation sites excluding steroid dienone is 2. The van der Waals surface area contributed by atoms with Crippen LogP contribution in [-0.2, 0) is 14.3 Å². The van der Waals surface area contributed by atoms with Gasteiger partial charge >= 0.3 is 0 Å². The minimum Gasteiger partial charge on any atom is -0.488 e. The summed E-state index contributed by atoms with van der Waals surface area (Å²) in [6, 6.07) is 7.74. The predicted octanol–water partition coefficient (Wildman–Crippen LogP) is 5.01. The van der Waals surface area contributed by atoms with Gasteiger partial charge in [-0.05, 0) is 49.8 Å². The second-order valence-electron chi connectivity index (χ2n) is 7.83. The number of amides is 1. The molecule has 2 aliphatic heterocycles. The average Bonchev–Trinajstić information content (AvgIpc) is 2.66. The first-order valence-corrected chi connectivity index (χ1v) is 11.5. The number of carbonyl (C=O) groups excluding carboxylic acids is 1. The van der Waals surface area contributed by atoms with Gasteiger partial charge in [0, 0.05) is 29.2 Å². The van der Waals surface area contributed by atoms with Crippen LogP contribution in [-0.4, -0.2) is 43.9 Å². The van der Waals surface area contributed by atoms with Gasteiger partial charge in [-0.25, -0.2) is 4.98 Å². The number of pyridine rings is 1. The smallest absolute Gasteiger partial charge is 0.232 e. The lowest BCUT2D eigenvalue weighted by atomic mass is 10.1. The molecule has 1 atom stereocenters. The van der Waals surface area contributed by atoms with Gasteiger partial charge in [-0.3, -0.25) is 4.79 Å². The number of ether oxygens (including phenoxy) is 3. The molecule has 4 rings (SSSR count). The highest BCUT2D eigenvalue weighted by Gasteiger charge is 2.26. The third-order valence-corrected chi connectivity index (χ3v) is 6.18. The molecule has 0 radical (unpaired) electrons. The predicted molar refractivity (Wildman–Crippen MR) is 125 cm³/mol. The van der Waals surface area contributed by atoms with Crippen LogP contribution < -0.4 is 10.1 Å². The molecule has 0 saturated carbocycles. The molecule has 1 aromatic heterocycles. The van der Waals surface area contributed by atoms with E-state index in [9.17, 15) is 4.79 Å². The molecule has 0 spiro atoms. The van der Waals surface area contributed by atoms with E-state index in [2.05, 4.69) is 22.9 Å². The maximum Gasteiger partial charge on any atom is 0.232 e. The van der Waals surface area contributed by atoms with Gasteiger partial charge in [0.1, 0.15) is 11.9 Å². The van der Waals surface area contributed by atoms with Gasteiger partial charge in [-0.15, -0.1) is 0 Å². The standard InChI is InChI=1S/C24H28N2O4S/c1-16(13-28-2)30-22-12-21(23-7-5-3-4-6-10-31-23)26-20-9-8-18(11-19(20)22)25-24(27)17-14-29-15-17/h6-12,16-17H,3-5,13-15H2,1-2H3,(H,25,27)/b10-6+,23-7-/t16-/m1/s1. The van der Waals surface area contributed by atoms with Crippen molar-refractivity contribution in [2.75, 3.05) is 32.2 Å². The van der Waals surface area contributed by atoms with E-state index in [1.807, 2.05) is 31.2 Å². The quantitative estimate of drug-likeness (QED) is 0.653. The molecule has 1 N–H and O–H groups in total. The molecule has 1 saturated heterocycles. The van der Waals surface area contributed by atoms with Crippen LogP contribution in [0.2, 0.25) is 0 Å². The molecule has 0 unspecified atom stereocenters. The van der Waals surface area contributed by atoms with Crippen LogP contribution in [0.4, 0.5) is 5.69 Å². The first kappa shape index (κ1) is 21.9. The van der Waals surface area contributed by atoms with E-state index in [1.165, 1.54) is 0 Å². The maximum absolute atomic E-state index is 12.3. The number of nitrogens with zero attached hydrogens (tertiary/aromatic N) is 1. The fourth-order valence-electron chi connectivity index (χ4n) is 3.48. The first-order valence-electron chi connectivity index (χ1n) is 10.6. The number of aromatic nitrogens is 1. The number of fused-ring (bicyclic) bond motifs is 1. The number of carbonyl (C=O) groups is 1. The van der Waals surface area contributed by atoms with Crippen molar-refractivity contribution in [2.24, 2.45) is 5.92 Å². The van der Waals surface area contributed by atoms with Crippen LogP contribution in [0.3, 0.4) is 0 Å². The van der Waals surface area contributed by atoms with Gasteiger partial charge in [-0.1, -0.05) is 23.9 Å². The molecular weight excluding hydrogens is 412 g/mol. The minimum atomic E-state index is -0.118. The van der Waals surface area contributed by atoms with Crippen molar-refractivity contribution in [3.05, 3.63) is 47.5 Å². The van der Waals surface area contributed by atoms with Crippen molar-refractivity contribution in [3.8, 4) is 5.75 Å². The Hall–Kier alpha value is -2.35. The van der Waals surface area contributed by atoms with Crippen LogP contribution in [0.15, 0.2) is 41.8 Å². The van der Waals surface area contributed by atoms with Crippen LogP contribution in [0, 0.1) is 5.92 Å². The lowest BCUT2D eigenvalue weighted by Crippen LogP contribution is -2.38. The van der Waals surface area contributed by atoms with Gasteiger partial charge in [-0.2, -0.15) is 0 Å². The molecule has 2 aromatic rings. The molecule has 0 aliphatic carbocycles. The molecule has 1 amide bonds. The summed E-state index contributed by atoms with van der Waals surface area (Å²) in [4.78, 5) is 18.4. The highest BCUT2D eigenvalue weighted by Crippen LogP contribution is 2.36. The van der Waals surface area contributed by atoms with E-state index in [0.29, 0.717) is 19.8 Å². The normalized spacial score (nSPS) is 20.6. The summed E-state index contributed by atoms with van der Waals surface area (Å²) < 4.78 is 16.6. The fraction of sp³-hybridized carbons (Fsp3) is 0.417. The highest BCUT2D eigenvalue weighted by molar-refractivity contribution is 8.10. The summed E-state index contributed by atoms with van der Waals surface area (Å²) in [7, 11) is 1.66. The second kappa shape index (κ2) is 10.3. The number of benzene rings is 1. The summed E-state index contributed by atoms with van der Waals surface area (Å²) in [5.74, 6) is 0.637. The zero-order chi connectivity index (χ0) is 21.6. The Morgan fingerprint density at radius 3 is 2.97 bits per heavy atom. The lowest BCUT2D eigenvalue weighted by molar-refractivity contribution is -0.133. The number of methoxy groups -OCH3 is 1. The number of rotatable bonds is 7. The van der Waals surface area contributed by atoms with Gasteiger partial charge in [0.05, 0.1) is 36.9 Å². The van der Waals surface area contributed by atoms with E-state index in [0.717, 1.165) is 52.2 Å². The number of nitrogens with one attached hydrogen (secondary N) is 1. The summed E-state index contributed by atoms with van der Waals surface area (Å²) in [5, 5.41) is 5.98. The molecule has 0 bridgehead atoms. The molecule has 7 heteroatoms. The van der Waals surface area contributed by atoms with Gasteiger partial charge < -0.3 is 19.5 Å². The fourth-order valence-corrected chi connectivity index (χ4v) is 4.30. The summed E-state index contributed by atoms with van der Waals surface area (Å²) in [5.41, 5.74) is 2.45. The summed E-state index contributed by atoms with van der Waals surface area (Å²) in [6.45, 7) is 3.42. The van der Waals surface area contributed by atoms with E-state index in [4.69, 9.17) is 19.2 Å². The number of thioether (sulfide) groups is 1. The van der Waals surface area contributed by atoms with E-state index in [1.54, 1.807) is 18.9 Å². The monoisotopic (exact) mass is 440 g/mol. The maximum atomic E-state index is 12.3. The van der Waals surface area contributed by atoms with Crippen LogP contribution in [0.25, 0.3) is 15.8 Å². The Morgan fingerprint density at radius 1 is 1.32 bits per heavy atom. The van der Waals surface area contributed by atoms with Crippen molar-refractivity contribution < 1.29 is 19.0 Å². The van der Waals surface area contributed by atoms with Crippen molar-refractivity contribution >= 4 is 39.2 Å². The lowest BCUT2D eigenvalue weighted by Gasteiger charge is -2.24. The zero-order valence-electron chi connectivity index (χ0n) is 17.9. The van der Waals surface area contributed by atoms with E-state index >= 15 is 0 Å². The zero-order valence-corrected chi connectivity index (χ0v) is 18.7. The van der Waals surface area contributed by atoms with Crippen LogP contribution in [0.5, 0.6) is 5.75 Å². The minimum absolute atomic E-state index is 0.0201. The topological polar surface area (TPSA) is 69.7 Å². The van der Waals surface area contributed by atoms with Crippen LogP contribution >= 0.6 is 11.8 Å². The Bertz CT molecular complexity index is 1000.